The molecule has 0 aliphatic rings. The average molecular weight is 309 g/mol. The van der Waals surface area contributed by atoms with Crippen molar-refractivity contribution in [2.75, 3.05) is 6.61 Å². The number of benzene rings is 2. The summed E-state index contributed by atoms with van der Waals surface area (Å²) >= 11 is 0. The largest absolute Gasteiger partial charge is 0.494 e. The average Bonchev–Trinajstić information content (AvgIpc) is 2.56. The zero-order valence-electron chi connectivity index (χ0n) is 12.5. The van der Waals surface area contributed by atoms with Gasteiger partial charge in [0, 0.05) is 22.7 Å². The Morgan fingerprint density at radius 2 is 1.74 bits per heavy atom. The fourth-order valence-electron chi connectivity index (χ4n) is 2.52. The Morgan fingerprint density at radius 3 is 2.35 bits per heavy atom. The molecule has 0 unspecified atom stereocenters. The van der Waals surface area contributed by atoms with Gasteiger partial charge in [-0.25, -0.2) is 4.79 Å². The number of hydrogen-bond acceptors (Lipinski definition) is 3. The molecular formula is C18H15NO4. The van der Waals surface area contributed by atoms with Gasteiger partial charge < -0.3 is 9.84 Å². The van der Waals surface area contributed by atoms with E-state index in [1.807, 2.05) is 6.92 Å². The summed E-state index contributed by atoms with van der Waals surface area (Å²) in [6.45, 7) is 2.44. The molecule has 0 saturated heterocycles. The molecule has 3 aromatic rings. The molecule has 5 heteroatoms. The first-order valence-electron chi connectivity index (χ1n) is 7.22. The third-order valence-corrected chi connectivity index (χ3v) is 3.58. The lowest BCUT2D eigenvalue weighted by Crippen LogP contribution is -2.20. The highest BCUT2D eigenvalue weighted by Crippen LogP contribution is 2.19. The molecule has 0 aliphatic heterocycles. The van der Waals surface area contributed by atoms with Gasteiger partial charge in [-0.2, -0.15) is 0 Å². The maximum absolute atomic E-state index is 12.7. The van der Waals surface area contributed by atoms with E-state index in [9.17, 15) is 14.7 Å². The van der Waals surface area contributed by atoms with Gasteiger partial charge in [0.15, 0.2) is 0 Å². The third-order valence-electron chi connectivity index (χ3n) is 3.58. The molecule has 116 valence electrons. The highest BCUT2D eigenvalue weighted by molar-refractivity contribution is 6.03. The van der Waals surface area contributed by atoms with Crippen LogP contribution in [0.3, 0.4) is 0 Å². The van der Waals surface area contributed by atoms with Crippen molar-refractivity contribution in [3.63, 3.8) is 0 Å². The van der Waals surface area contributed by atoms with Gasteiger partial charge in [-0.05, 0) is 37.3 Å². The molecule has 0 amide bonds. The molecule has 1 aromatic heterocycles. The Labute approximate surface area is 132 Å². The van der Waals surface area contributed by atoms with Crippen LogP contribution < -0.4 is 10.3 Å². The van der Waals surface area contributed by atoms with E-state index in [2.05, 4.69) is 0 Å². The summed E-state index contributed by atoms with van der Waals surface area (Å²) in [6, 6.07) is 13.7. The van der Waals surface area contributed by atoms with Crippen LogP contribution in [0.1, 0.15) is 17.3 Å². The fourth-order valence-corrected chi connectivity index (χ4v) is 2.52. The van der Waals surface area contributed by atoms with Crippen LogP contribution >= 0.6 is 0 Å². The maximum atomic E-state index is 12.7. The quantitative estimate of drug-likeness (QED) is 0.804. The van der Waals surface area contributed by atoms with Crippen LogP contribution in [0.15, 0.2) is 59.5 Å². The number of aromatic carboxylic acids is 1. The second kappa shape index (κ2) is 5.96. The van der Waals surface area contributed by atoms with Gasteiger partial charge in [0.2, 0.25) is 0 Å². The van der Waals surface area contributed by atoms with Gasteiger partial charge >= 0.3 is 5.97 Å². The van der Waals surface area contributed by atoms with E-state index < -0.39 is 5.97 Å². The lowest BCUT2D eigenvalue weighted by Gasteiger charge is -2.11. The number of nitrogens with zero attached hydrogens (tertiary/aromatic N) is 1. The van der Waals surface area contributed by atoms with E-state index in [4.69, 9.17) is 4.74 Å². The molecule has 1 heterocycles. The fraction of sp³-hybridized carbons (Fsp3) is 0.111. The van der Waals surface area contributed by atoms with Crippen LogP contribution in [-0.4, -0.2) is 22.2 Å². The second-order valence-corrected chi connectivity index (χ2v) is 5.00. The summed E-state index contributed by atoms with van der Waals surface area (Å²) in [5.41, 5.74) is 0.426. The monoisotopic (exact) mass is 309 g/mol. The number of carboxylic acids is 1. The summed E-state index contributed by atoms with van der Waals surface area (Å²) in [5, 5.41) is 10.2. The van der Waals surface area contributed by atoms with E-state index in [1.165, 1.54) is 10.8 Å². The molecule has 5 nitrogen and oxygen atoms in total. The Morgan fingerprint density at radius 1 is 1.09 bits per heavy atom. The summed E-state index contributed by atoms with van der Waals surface area (Å²) in [7, 11) is 0. The molecule has 0 spiro atoms. The van der Waals surface area contributed by atoms with E-state index in [0.717, 1.165) is 0 Å². The number of carboxylic acid groups (broad SMARTS) is 1. The minimum atomic E-state index is -1.07. The van der Waals surface area contributed by atoms with Crippen molar-refractivity contribution >= 4 is 16.7 Å². The molecule has 1 N–H and O–H groups in total. The van der Waals surface area contributed by atoms with Crippen LogP contribution in [-0.2, 0) is 0 Å². The summed E-state index contributed by atoms with van der Waals surface area (Å²) in [6.07, 6.45) is 1.36. The number of aromatic nitrogens is 1. The van der Waals surface area contributed by atoms with E-state index in [1.54, 1.807) is 48.5 Å². The molecular weight excluding hydrogens is 294 g/mol. The van der Waals surface area contributed by atoms with Crippen LogP contribution in [0, 0.1) is 0 Å². The van der Waals surface area contributed by atoms with Gasteiger partial charge in [-0.15, -0.1) is 0 Å². The topological polar surface area (TPSA) is 68.5 Å². The standard InChI is InChI=1S/C18H15NO4/c1-2-23-13-9-7-12(8-10-13)19-11-16(18(21)22)14-5-3-4-6-15(14)17(19)20/h3-11H,2H2,1H3,(H,21,22). The van der Waals surface area contributed by atoms with E-state index in [-0.39, 0.29) is 11.1 Å². The van der Waals surface area contributed by atoms with Crippen LogP contribution in [0.4, 0.5) is 0 Å². The smallest absolute Gasteiger partial charge is 0.337 e. The number of fused-ring (bicyclic) bond motifs is 1. The van der Waals surface area contributed by atoms with Gasteiger partial charge in [0.1, 0.15) is 5.75 Å². The normalized spacial score (nSPS) is 10.7. The predicted molar refractivity (Wildman–Crippen MR) is 87.7 cm³/mol. The predicted octanol–water partition coefficient (Wildman–Crippen LogP) is 3.09. The highest BCUT2D eigenvalue weighted by atomic mass is 16.5. The van der Waals surface area contributed by atoms with Gasteiger partial charge in [0.25, 0.3) is 5.56 Å². The molecule has 23 heavy (non-hydrogen) atoms. The zero-order valence-corrected chi connectivity index (χ0v) is 12.5. The van der Waals surface area contributed by atoms with Crippen LogP contribution in [0.25, 0.3) is 16.5 Å². The van der Waals surface area contributed by atoms with E-state index in [0.29, 0.717) is 28.8 Å². The molecule has 3 rings (SSSR count). The lowest BCUT2D eigenvalue weighted by molar-refractivity contribution is 0.0698. The zero-order chi connectivity index (χ0) is 16.4. The summed E-state index contributed by atoms with van der Waals surface area (Å²) in [4.78, 5) is 24.2. The Balaban J connectivity index is 2.23. The maximum Gasteiger partial charge on any atom is 0.337 e. The van der Waals surface area contributed by atoms with Crippen molar-refractivity contribution in [2.24, 2.45) is 0 Å². The highest BCUT2D eigenvalue weighted by Gasteiger charge is 2.14. The Hall–Kier alpha value is -3.08. The van der Waals surface area contributed by atoms with Gasteiger partial charge in [-0.1, -0.05) is 18.2 Å². The first kappa shape index (κ1) is 14.8. The van der Waals surface area contributed by atoms with Crippen molar-refractivity contribution in [2.45, 2.75) is 6.92 Å². The molecule has 0 aliphatic carbocycles. The third kappa shape index (κ3) is 2.68. The molecule has 2 aromatic carbocycles. The Kier molecular flexibility index (Phi) is 3.85. The number of hydrogen-bond donors (Lipinski definition) is 1. The first-order valence-corrected chi connectivity index (χ1v) is 7.22. The molecule has 0 radical (unpaired) electrons. The first-order chi connectivity index (χ1) is 11.1. The lowest BCUT2D eigenvalue weighted by atomic mass is 10.1. The van der Waals surface area contributed by atoms with Crippen molar-refractivity contribution in [1.29, 1.82) is 0 Å². The number of rotatable bonds is 4. The van der Waals surface area contributed by atoms with Crippen molar-refractivity contribution in [3.05, 3.63) is 70.6 Å². The molecule has 0 fully saturated rings. The minimum absolute atomic E-state index is 0.0917. The Bertz CT molecular complexity index is 926. The minimum Gasteiger partial charge on any atom is -0.494 e. The SMILES string of the molecule is CCOc1ccc(-n2cc(C(=O)O)c3ccccc3c2=O)cc1. The number of pyridine rings is 1. The molecule has 0 bridgehead atoms. The van der Waals surface area contributed by atoms with Crippen molar-refractivity contribution < 1.29 is 14.6 Å². The number of carbonyl (C=O) groups is 1. The van der Waals surface area contributed by atoms with Gasteiger partial charge in [-0.3, -0.25) is 9.36 Å². The van der Waals surface area contributed by atoms with Crippen LogP contribution in [0.5, 0.6) is 5.75 Å². The second-order valence-electron chi connectivity index (χ2n) is 5.00. The van der Waals surface area contributed by atoms with Crippen molar-refractivity contribution in [1.82, 2.24) is 4.57 Å². The van der Waals surface area contributed by atoms with Crippen LogP contribution in [0.2, 0.25) is 0 Å². The summed E-state index contributed by atoms with van der Waals surface area (Å²) < 4.78 is 6.73. The van der Waals surface area contributed by atoms with E-state index >= 15 is 0 Å². The molecule has 0 saturated carbocycles. The van der Waals surface area contributed by atoms with Crippen molar-refractivity contribution in [3.8, 4) is 11.4 Å². The number of ether oxygens (including phenoxy) is 1. The summed E-state index contributed by atoms with van der Waals surface area (Å²) in [5.74, 6) is -0.371. The molecule has 0 atom stereocenters. The van der Waals surface area contributed by atoms with Gasteiger partial charge in [0.05, 0.1) is 12.2 Å².